The second-order valence-corrected chi connectivity index (χ2v) is 6.20. The Balaban J connectivity index is 1.84. The molecule has 22 heavy (non-hydrogen) atoms. The molecule has 0 radical (unpaired) electrons. The predicted octanol–water partition coefficient (Wildman–Crippen LogP) is 4.20. The molecule has 3 nitrogen and oxygen atoms in total. The third kappa shape index (κ3) is 3.28. The molecule has 1 amide bonds. The molecule has 4 heteroatoms. The molecule has 1 N–H and O–H groups in total. The van der Waals surface area contributed by atoms with E-state index < -0.39 is 0 Å². The van der Waals surface area contributed by atoms with E-state index in [0.29, 0.717) is 10.1 Å². The highest BCUT2D eigenvalue weighted by Crippen LogP contribution is 2.28. The number of thioether (sulfide) groups is 1. The van der Waals surface area contributed by atoms with Crippen molar-refractivity contribution in [2.45, 2.75) is 13.8 Å². The number of nitrogens with one attached hydrogen (secondary N) is 1. The minimum Gasteiger partial charge on any atom is -0.300 e. The first-order valence-corrected chi connectivity index (χ1v) is 7.85. The van der Waals surface area contributed by atoms with Gasteiger partial charge in [0.15, 0.2) is 5.17 Å². The lowest BCUT2D eigenvalue weighted by molar-refractivity contribution is -0.115. The van der Waals surface area contributed by atoms with Gasteiger partial charge in [-0.2, -0.15) is 0 Å². The van der Waals surface area contributed by atoms with Crippen molar-refractivity contribution in [3.8, 4) is 0 Å². The van der Waals surface area contributed by atoms with E-state index in [4.69, 9.17) is 0 Å². The number of hydrogen-bond acceptors (Lipinski definition) is 3. The van der Waals surface area contributed by atoms with Crippen molar-refractivity contribution in [1.82, 2.24) is 5.32 Å². The molecule has 0 unspecified atom stereocenters. The second-order valence-electron chi connectivity index (χ2n) is 5.17. The largest absolute Gasteiger partial charge is 0.300 e. The molecule has 1 heterocycles. The van der Waals surface area contributed by atoms with Crippen LogP contribution in [0.1, 0.15) is 16.7 Å². The summed E-state index contributed by atoms with van der Waals surface area (Å²) in [7, 11) is 0. The summed E-state index contributed by atoms with van der Waals surface area (Å²) in [6, 6.07) is 15.9. The lowest BCUT2D eigenvalue weighted by Gasteiger charge is -1.99. The summed E-state index contributed by atoms with van der Waals surface area (Å²) >= 11 is 1.37. The third-order valence-corrected chi connectivity index (χ3v) is 4.30. The maximum Gasteiger partial charge on any atom is 0.264 e. The molecule has 2 aromatic carbocycles. The molecule has 1 aliphatic rings. The van der Waals surface area contributed by atoms with Crippen LogP contribution in [-0.2, 0) is 4.79 Å². The topological polar surface area (TPSA) is 41.5 Å². The Bertz CT molecular complexity index is 776. The van der Waals surface area contributed by atoms with E-state index in [0.717, 1.165) is 16.8 Å². The van der Waals surface area contributed by atoms with Crippen LogP contribution in [0.2, 0.25) is 0 Å². The van der Waals surface area contributed by atoms with Gasteiger partial charge in [-0.25, -0.2) is 4.99 Å². The first-order valence-electron chi connectivity index (χ1n) is 7.04. The summed E-state index contributed by atoms with van der Waals surface area (Å²) in [5.41, 5.74) is 4.22. The van der Waals surface area contributed by atoms with Crippen LogP contribution in [-0.4, -0.2) is 11.1 Å². The summed E-state index contributed by atoms with van der Waals surface area (Å²) in [6.45, 7) is 4.07. The fraction of sp³-hybridized carbons (Fsp3) is 0.111. The Morgan fingerprint density at radius 3 is 2.50 bits per heavy atom. The van der Waals surface area contributed by atoms with Crippen molar-refractivity contribution in [2.24, 2.45) is 4.99 Å². The second kappa shape index (κ2) is 6.20. The molecular weight excluding hydrogens is 292 g/mol. The van der Waals surface area contributed by atoms with Crippen LogP contribution >= 0.6 is 11.8 Å². The maximum absolute atomic E-state index is 12.1. The van der Waals surface area contributed by atoms with Crippen molar-refractivity contribution >= 4 is 34.6 Å². The minimum atomic E-state index is -0.0980. The molecule has 110 valence electrons. The highest BCUT2D eigenvalue weighted by atomic mass is 32.2. The van der Waals surface area contributed by atoms with Gasteiger partial charge in [0.05, 0.1) is 10.6 Å². The van der Waals surface area contributed by atoms with Crippen LogP contribution in [0.3, 0.4) is 0 Å². The Morgan fingerprint density at radius 1 is 1.05 bits per heavy atom. The van der Waals surface area contributed by atoms with Crippen molar-refractivity contribution < 1.29 is 4.79 Å². The number of carbonyl (C=O) groups excluding carboxylic acids is 1. The quantitative estimate of drug-likeness (QED) is 0.845. The third-order valence-electron chi connectivity index (χ3n) is 3.39. The van der Waals surface area contributed by atoms with E-state index in [1.165, 1.54) is 17.3 Å². The molecule has 0 bridgehead atoms. The number of aliphatic imine (C=N–C) groups is 1. The summed E-state index contributed by atoms with van der Waals surface area (Å²) in [5.74, 6) is -0.0980. The van der Waals surface area contributed by atoms with Crippen molar-refractivity contribution in [3.05, 3.63) is 70.1 Å². The Hall–Kier alpha value is -2.33. The lowest BCUT2D eigenvalue weighted by atomic mass is 10.1. The Labute approximate surface area is 134 Å². The average Bonchev–Trinajstić information content (AvgIpc) is 2.84. The number of carbonyl (C=O) groups is 1. The first-order chi connectivity index (χ1) is 10.6. The number of hydrogen-bond donors (Lipinski definition) is 1. The van der Waals surface area contributed by atoms with Crippen molar-refractivity contribution in [1.29, 1.82) is 0 Å². The predicted molar refractivity (Wildman–Crippen MR) is 93.2 cm³/mol. The molecular formula is C18H16N2OS. The van der Waals surface area contributed by atoms with E-state index in [9.17, 15) is 4.79 Å². The van der Waals surface area contributed by atoms with Gasteiger partial charge >= 0.3 is 0 Å². The molecule has 1 saturated heterocycles. The van der Waals surface area contributed by atoms with Gasteiger partial charge in [-0.3, -0.25) is 4.79 Å². The number of amides is 1. The smallest absolute Gasteiger partial charge is 0.264 e. The molecule has 0 spiro atoms. The minimum absolute atomic E-state index is 0.0980. The number of nitrogens with zero attached hydrogens (tertiary/aromatic N) is 1. The molecule has 2 aromatic rings. The number of amidine groups is 1. The van der Waals surface area contributed by atoms with E-state index in [-0.39, 0.29) is 5.91 Å². The van der Waals surface area contributed by atoms with E-state index in [1.54, 1.807) is 0 Å². The molecule has 3 rings (SSSR count). The van der Waals surface area contributed by atoms with Crippen LogP contribution in [0.4, 0.5) is 5.69 Å². The monoisotopic (exact) mass is 308 g/mol. The maximum atomic E-state index is 12.1. The average molecular weight is 308 g/mol. The zero-order chi connectivity index (χ0) is 15.5. The molecule has 1 aliphatic heterocycles. The summed E-state index contributed by atoms with van der Waals surface area (Å²) in [5, 5.41) is 3.43. The highest BCUT2D eigenvalue weighted by molar-refractivity contribution is 8.18. The summed E-state index contributed by atoms with van der Waals surface area (Å²) < 4.78 is 0. The summed E-state index contributed by atoms with van der Waals surface area (Å²) in [6.07, 6.45) is 1.91. The van der Waals surface area contributed by atoms with E-state index in [2.05, 4.69) is 10.3 Å². The standard InChI is InChI=1S/C18H16N2OS/c1-12-7-9-15(10-8-12)19-18-20-17(21)16(22-18)11-14-6-4-3-5-13(14)2/h3-11H,1-2H3,(H,19,20,21). The first kappa shape index (κ1) is 14.6. The fourth-order valence-electron chi connectivity index (χ4n) is 2.11. The van der Waals surface area contributed by atoms with E-state index in [1.807, 2.05) is 68.5 Å². The van der Waals surface area contributed by atoms with Gasteiger partial charge in [0, 0.05) is 0 Å². The van der Waals surface area contributed by atoms with Crippen LogP contribution < -0.4 is 5.32 Å². The molecule has 1 fully saturated rings. The lowest BCUT2D eigenvalue weighted by Crippen LogP contribution is -2.19. The normalized spacial score (nSPS) is 18.0. The fourth-order valence-corrected chi connectivity index (χ4v) is 2.94. The molecule has 0 aliphatic carbocycles. The highest BCUT2D eigenvalue weighted by Gasteiger charge is 2.23. The zero-order valence-electron chi connectivity index (χ0n) is 12.5. The van der Waals surface area contributed by atoms with Gasteiger partial charge in [0.2, 0.25) is 0 Å². The van der Waals surface area contributed by atoms with Crippen LogP contribution in [0, 0.1) is 13.8 Å². The van der Waals surface area contributed by atoms with Gasteiger partial charge < -0.3 is 5.32 Å². The van der Waals surface area contributed by atoms with Gasteiger partial charge in [-0.1, -0.05) is 42.0 Å². The van der Waals surface area contributed by atoms with Gasteiger partial charge in [-0.15, -0.1) is 0 Å². The van der Waals surface area contributed by atoms with Crippen molar-refractivity contribution in [3.63, 3.8) is 0 Å². The van der Waals surface area contributed by atoms with Gasteiger partial charge in [0.1, 0.15) is 0 Å². The Kier molecular flexibility index (Phi) is 4.11. The van der Waals surface area contributed by atoms with Crippen LogP contribution in [0.15, 0.2) is 58.4 Å². The van der Waals surface area contributed by atoms with Crippen LogP contribution in [0.5, 0.6) is 0 Å². The van der Waals surface area contributed by atoms with Gasteiger partial charge in [0.25, 0.3) is 5.91 Å². The number of benzene rings is 2. The number of rotatable bonds is 2. The number of aryl methyl sites for hydroxylation is 2. The molecule has 0 saturated carbocycles. The zero-order valence-corrected chi connectivity index (χ0v) is 13.3. The molecule has 0 aromatic heterocycles. The van der Waals surface area contributed by atoms with E-state index >= 15 is 0 Å². The van der Waals surface area contributed by atoms with Crippen molar-refractivity contribution in [2.75, 3.05) is 0 Å². The van der Waals surface area contributed by atoms with Crippen LogP contribution in [0.25, 0.3) is 6.08 Å². The summed E-state index contributed by atoms with van der Waals surface area (Å²) in [4.78, 5) is 17.2. The SMILES string of the molecule is Cc1ccc(N=C2NC(=O)C(=Cc3ccccc3C)S2)cc1. The molecule has 0 atom stereocenters. The Morgan fingerprint density at radius 2 is 1.77 bits per heavy atom. The van der Waals surface area contributed by atoms with Gasteiger partial charge in [-0.05, 0) is 54.9 Å².